The van der Waals surface area contributed by atoms with Gasteiger partial charge in [0.2, 0.25) is 12.8 Å². The molecule has 3 aromatic rings. The van der Waals surface area contributed by atoms with Crippen molar-refractivity contribution in [2.24, 2.45) is 23.3 Å². The Kier molecular flexibility index (Phi) is 23.8. The molecular formula is C40H63N5O5S. The highest BCUT2D eigenvalue weighted by Crippen LogP contribution is 2.35. The second kappa shape index (κ2) is 25.8. The third-order valence-corrected chi connectivity index (χ3v) is 10.5. The summed E-state index contributed by atoms with van der Waals surface area (Å²) >= 11 is 0. The van der Waals surface area contributed by atoms with Gasteiger partial charge in [0.15, 0.2) is 0 Å². The van der Waals surface area contributed by atoms with Crippen LogP contribution >= 0.6 is 0 Å². The Balaban J connectivity index is 0.000000812. The molecule has 3 aromatic carbocycles. The number of carbonyl (C=O) groups excluding carboxylic acids is 3. The van der Waals surface area contributed by atoms with Gasteiger partial charge in [0.1, 0.15) is 6.29 Å². The van der Waals surface area contributed by atoms with Gasteiger partial charge in [-0.25, -0.2) is 0 Å². The van der Waals surface area contributed by atoms with Gasteiger partial charge in [-0.2, -0.15) is 12.7 Å². The van der Waals surface area contributed by atoms with Gasteiger partial charge in [0, 0.05) is 32.7 Å². The maximum absolute atomic E-state index is 12.4. The maximum Gasteiger partial charge on any atom is 0.303 e. The number of rotatable bonds is 13. The molecule has 284 valence electrons. The maximum atomic E-state index is 12.4. The van der Waals surface area contributed by atoms with Gasteiger partial charge in [-0.05, 0) is 92.8 Å². The Morgan fingerprint density at radius 1 is 0.843 bits per heavy atom. The number of aldehydes is 1. The van der Waals surface area contributed by atoms with Crippen LogP contribution in [-0.4, -0.2) is 60.0 Å². The Morgan fingerprint density at radius 3 is 1.88 bits per heavy atom. The first-order valence-electron chi connectivity index (χ1n) is 17.5. The molecule has 0 saturated heterocycles. The highest BCUT2D eigenvalue weighted by molar-refractivity contribution is 7.90. The number of carbonyl (C=O) groups is 3. The zero-order chi connectivity index (χ0) is 39.0. The summed E-state index contributed by atoms with van der Waals surface area (Å²) in [5, 5.41) is 3.21. The third-order valence-electron chi connectivity index (χ3n) is 8.66. The monoisotopic (exact) mass is 725 g/mol. The molecule has 3 atom stereocenters. The van der Waals surface area contributed by atoms with E-state index in [1.165, 1.54) is 67.8 Å². The first-order chi connectivity index (χ1) is 24.2. The highest BCUT2D eigenvalue weighted by Gasteiger charge is 2.23. The topological polar surface area (TPSA) is 156 Å². The second-order valence-corrected chi connectivity index (χ2v) is 15.1. The van der Waals surface area contributed by atoms with Gasteiger partial charge < -0.3 is 16.8 Å². The summed E-state index contributed by atoms with van der Waals surface area (Å²) in [5.41, 5.74) is 14.2. The number of aryl methyl sites for hydroxylation is 1. The van der Waals surface area contributed by atoms with E-state index in [1.54, 1.807) is 6.07 Å². The predicted octanol–water partition coefficient (Wildman–Crippen LogP) is 6.79. The van der Waals surface area contributed by atoms with Crippen LogP contribution in [0.25, 0.3) is 0 Å². The van der Waals surface area contributed by atoms with Crippen LogP contribution in [0.15, 0.2) is 72.8 Å². The lowest BCUT2D eigenvalue weighted by Gasteiger charge is -2.25. The summed E-state index contributed by atoms with van der Waals surface area (Å²) in [6, 6.07) is 24.5. The molecule has 11 heteroatoms. The molecule has 0 radical (unpaired) electrons. The molecule has 5 N–H and O–H groups in total. The smallest absolute Gasteiger partial charge is 0.303 e. The van der Waals surface area contributed by atoms with Crippen LogP contribution in [0.3, 0.4) is 0 Å². The van der Waals surface area contributed by atoms with E-state index >= 15 is 0 Å². The van der Waals surface area contributed by atoms with Crippen molar-refractivity contribution in [2.45, 2.75) is 85.1 Å². The molecule has 0 bridgehead atoms. The molecule has 51 heavy (non-hydrogen) atoms. The normalized spacial score (nSPS) is 13.5. The zero-order valence-electron chi connectivity index (χ0n) is 32.2. The molecule has 0 aromatic heterocycles. The highest BCUT2D eigenvalue weighted by atomic mass is 32.2. The summed E-state index contributed by atoms with van der Waals surface area (Å²) in [6.45, 7) is 11.0. The quantitative estimate of drug-likeness (QED) is 0.165. The first kappa shape index (κ1) is 46.9. The van der Waals surface area contributed by atoms with Gasteiger partial charge in [-0.1, -0.05) is 100 Å². The molecule has 0 heterocycles. The lowest BCUT2D eigenvalue weighted by molar-refractivity contribution is -0.107. The number of primary amides is 2. The van der Waals surface area contributed by atoms with Crippen LogP contribution in [0.1, 0.15) is 104 Å². The van der Waals surface area contributed by atoms with Crippen molar-refractivity contribution in [1.82, 2.24) is 9.62 Å². The van der Waals surface area contributed by atoms with Crippen molar-refractivity contribution in [3.8, 4) is 0 Å². The SMILES string of the molecule is CCC(Cc1ccccc1)c1cc(C=O)cc(N(C)S(=O)(=O)N(C)C)c1.CC[C@H](C)CC1CC1.CN[C@H](C)c1cccc(C)c1.NC=O.NC=O. The second-order valence-electron chi connectivity index (χ2n) is 12.9. The first-order valence-corrected chi connectivity index (χ1v) is 18.9. The van der Waals surface area contributed by atoms with E-state index in [1.807, 2.05) is 37.4 Å². The Hall–Kier alpha value is -4.06. The molecular weight excluding hydrogens is 663 g/mol. The molecule has 1 saturated carbocycles. The number of nitrogens with two attached hydrogens (primary N) is 2. The van der Waals surface area contributed by atoms with Crippen LogP contribution < -0.4 is 21.1 Å². The van der Waals surface area contributed by atoms with Crippen LogP contribution in [-0.2, 0) is 26.2 Å². The fourth-order valence-corrected chi connectivity index (χ4v) is 5.98. The minimum absolute atomic E-state index is 0.200. The van der Waals surface area contributed by atoms with Crippen LogP contribution in [0.2, 0.25) is 0 Å². The standard InChI is InChI=1S/C20H26N2O3S.C10H15N.C8H16.2CH3NO/c1-5-18(11-16-9-7-6-8-10-16)19-12-17(15-23)13-20(14-19)22(4)26(24,25)21(2)3;1-8-5-4-6-10(7-8)9(2)11-3;1-3-7(2)6-8-4-5-8;2*2-1-3/h6-10,12-15,18H,5,11H2,1-4H3;4-7,9,11H,1-3H3;7-8H,3-6H2,1-2H3;2*1H,(H2,2,3)/t;9-;7-;;/m.10../s1. The summed E-state index contributed by atoms with van der Waals surface area (Å²) in [5.74, 6) is 2.32. The molecule has 0 aliphatic heterocycles. The number of hydrogen-bond donors (Lipinski definition) is 3. The van der Waals surface area contributed by atoms with Crippen molar-refractivity contribution in [3.05, 3.63) is 101 Å². The lowest BCUT2D eigenvalue weighted by atomic mass is 9.89. The Bertz CT molecular complexity index is 1510. The summed E-state index contributed by atoms with van der Waals surface area (Å²) in [6.07, 6.45) is 8.89. The predicted molar refractivity (Wildman–Crippen MR) is 212 cm³/mol. The Labute approximate surface area is 308 Å². The number of anilines is 1. The van der Waals surface area contributed by atoms with Gasteiger partial charge >= 0.3 is 10.2 Å². The van der Waals surface area contributed by atoms with Crippen molar-refractivity contribution < 1.29 is 22.8 Å². The fourth-order valence-electron chi connectivity index (χ4n) is 5.11. The van der Waals surface area contributed by atoms with E-state index in [9.17, 15) is 13.2 Å². The van der Waals surface area contributed by atoms with E-state index in [4.69, 9.17) is 9.59 Å². The van der Waals surface area contributed by atoms with E-state index in [-0.39, 0.29) is 18.7 Å². The molecule has 0 spiro atoms. The zero-order valence-corrected chi connectivity index (χ0v) is 33.0. The van der Waals surface area contributed by atoms with E-state index in [0.29, 0.717) is 17.3 Å². The minimum atomic E-state index is -3.61. The van der Waals surface area contributed by atoms with Gasteiger partial charge in [0.25, 0.3) is 0 Å². The largest absolute Gasteiger partial charge is 0.372 e. The minimum Gasteiger partial charge on any atom is -0.372 e. The van der Waals surface area contributed by atoms with Crippen LogP contribution in [0, 0.1) is 18.8 Å². The number of nitrogens with one attached hydrogen (secondary N) is 1. The number of amides is 2. The molecule has 1 unspecified atom stereocenters. The van der Waals surface area contributed by atoms with Gasteiger partial charge in [0.05, 0.1) is 5.69 Å². The van der Waals surface area contributed by atoms with Gasteiger partial charge in [-0.3, -0.25) is 18.7 Å². The summed E-state index contributed by atoms with van der Waals surface area (Å²) < 4.78 is 27.2. The van der Waals surface area contributed by atoms with Crippen molar-refractivity contribution >= 4 is 35.0 Å². The summed E-state index contributed by atoms with van der Waals surface area (Å²) in [7, 11) is 2.84. The average Bonchev–Trinajstić information content (AvgIpc) is 3.95. The number of benzene rings is 3. The molecule has 2 amide bonds. The fraction of sp³-hybridized carbons (Fsp3) is 0.475. The number of hydrogen-bond acceptors (Lipinski definition) is 6. The molecule has 4 rings (SSSR count). The average molecular weight is 726 g/mol. The third kappa shape index (κ3) is 18.7. The molecule has 1 fully saturated rings. The van der Waals surface area contributed by atoms with Gasteiger partial charge in [-0.15, -0.1) is 0 Å². The lowest BCUT2D eigenvalue weighted by Crippen LogP contribution is -2.37. The van der Waals surface area contributed by atoms with Crippen LogP contribution in [0.4, 0.5) is 5.69 Å². The van der Waals surface area contributed by atoms with Crippen molar-refractivity contribution in [2.75, 3.05) is 32.5 Å². The number of nitrogens with zero attached hydrogens (tertiary/aromatic N) is 2. The van der Waals surface area contributed by atoms with Crippen molar-refractivity contribution in [1.29, 1.82) is 0 Å². The Morgan fingerprint density at radius 2 is 1.43 bits per heavy atom. The molecule has 10 nitrogen and oxygen atoms in total. The van der Waals surface area contributed by atoms with E-state index in [0.717, 1.165) is 40.8 Å². The molecule has 1 aliphatic carbocycles. The molecule has 1 aliphatic rings. The van der Waals surface area contributed by atoms with E-state index < -0.39 is 10.2 Å². The summed E-state index contributed by atoms with van der Waals surface area (Å²) in [4.78, 5) is 28.6. The van der Waals surface area contributed by atoms with Crippen LogP contribution in [0.5, 0.6) is 0 Å². The van der Waals surface area contributed by atoms with Crippen molar-refractivity contribution in [3.63, 3.8) is 0 Å². The van der Waals surface area contributed by atoms with E-state index in [2.05, 4.69) is 87.8 Å².